The van der Waals surface area contributed by atoms with Crippen molar-refractivity contribution in [1.29, 1.82) is 0 Å². The van der Waals surface area contributed by atoms with E-state index in [0.29, 0.717) is 0 Å². The number of hydrogen-bond donors (Lipinski definition) is 2. The minimum atomic E-state index is -1.38. The summed E-state index contributed by atoms with van der Waals surface area (Å²) in [6.45, 7) is 0.662. The Kier molecular flexibility index (Phi) is 18.2. The molecule has 10 atom stereocenters. The van der Waals surface area contributed by atoms with E-state index < -0.39 is 86.2 Å². The molecule has 2 heterocycles. The normalized spacial score (nSPS) is 24.6. The molecule has 8 rings (SSSR count). The van der Waals surface area contributed by atoms with Gasteiger partial charge in [0.05, 0.1) is 52.5 Å². The summed E-state index contributed by atoms with van der Waals surface area (Å²) < 4.78 is 61.0. The van der Waals surface area contributed by atoms with Crippen LogP contribution in [0.5, 0.6) is 0 Å². The van der Waals surface area contributed by atoms with Gasteiger partial charge in [-0.2, -0.15) is 0 Å². The van der Waals surface area contributed by atoms with Crippen molar-refractivity contribution in [2.24, 2.45) is 0 Å². The van der Waals surface area contributed by atoms with Crippen molar-refractivity contribution in [3.8, 4) is 0 Å². The lowest BCUT2D eigenvalue weighted by Gasteiger charge is -2.49. The number of benzene rings is 6. The van der Waals surface area contributed by atoms with E-state index in [2.05, 4.69) is 0 Å². The zero-order chi connectivity index (χ0) is 47.6. The molecule has 6 aromatic rings. The first-order valence-corrected chi connectivity index (χ1v) is 23.2. The molecular weight excluding hydrogens is 881 g/mol. The Morgan fingerprint density at radius 2 is 0.551 bits per heavy atom. The molecule has 2 aliphatic rings. The largest absolute Gasteiger partial charge is 0.481 e. The maximum atomic E-state index is 12.7. The van der Waals surface area contributed by atoms with Crippen molar-refractivity contribution in [3.63, 3.8) is 0 Å². The zero-order valence-corrected chi connectivity index (χ0v) is 38.1. The van der Waals surface area contributed by atoms with Crippen LogP contribution in [0.4, 0.5) is 0 Å². The van der Waals surface area contributed by atoms with Gasteiger partial charge in [-0.1, -0.05) is 182 Å². The summed E-state index contributed by atoms with van der Waals surface area (Å²) in [6.07, 6.45) is -12.0. The van der Waals surface area contributed by atoms with Crippen LogP contribution in [0.3, 0.4) is 0 Å². The van der Waals surface area contributed by atoms with Gasteiger partial charge in [-0.3, -0.25) is 9.59 Å². The fourth-order valence-corrected chi connectivity index (χ4v) is 8.52. The summed E-state index contributed by atoms with van der Waals surface area (Å²) in [4.78, 5) is 25.5. The van der Waals surface area contributed by atoms with Crippen LogP contribution in [-0.2, 0) is 91.9 Å². The second-order valence-corrected chi connectivity index (χ2v) is 17.0. The van der Waals surface area contributed by atoms with Gasteiger partial charge in [0.15, 0.2) is 12.6 Å². The van der Waals surface area contributed by atoms with Crippen LogP contribution in [0.1, 0.15) is 46.2 Å². The van der Waals surface area contributed by atoms with Gasteiger partial charge in [-0.25, -0.2) is 0 Å². The molecule has 0 aliphatic carbocycles. The first-order chi connectivity index (χ1) is 33.9. The maximum Gasteiger partial charge on any atom is 0.306 e. The van der Waals surface area contributed by atoms with Gasteiger partial charge in [0.25, 0.3) is 0 Å². The van der Waals surface area contributed by atoms with E-state index in [1.165, 1.54) is 0 Å². The molecule has 0 unspecified atom stereocenters. The van der Waals surface area contributed by atoms with E-state index in [0.717, 1.165) is 33.4 Å². The molecule has 0 radical (unpaired) electrons. The van der Waals surface area contributed by atoms with Crippen LogP contribution >= 0.6 is 0 Å². The van der Waals surface area contributed by atoms with Gasteiger partial charge < -0.3 is 52.8 Å². The SMILES string of the molecule is O=C(O)C[C@H]1O[C@H](O[C@H]2O[C@H](CC(=O)O)[C@@H](OCc3ccccc3)[C@H](OCc3ccccc3)[C@H]2OCc2ccccc2)[C@H](OCc2ccccc2)[C@@H](OCc2ccccc2)[C@@H]1OCc1ccccc1. The van der Waals surface area contributed by atoms with Gasteiger partial charge in [-0.15, -0.1) is 0 Å². The van der Waals surface area contributed by atoms with Gasteiger partial charge in [0.1, 0.15) is 48.8 Å². The first kappa shape index (κ1) is 49.3. The summed E-state index contributed by atoms with van der Waals surface area (Å²) in [6, 6.07) is 57.4. The predicted octanol–water partition coefficient (Wildman–Crippen LogP) is 8.91. The number of carboxylic acids is 2. The molecule has 13 heteroatoms. The van der Waals surface area contributed by atoms with Crippen LogP contribution in [0.25, 0.3) is 0 Å². The van der Waals surface area contributed by atoms with E-state index in [-0.39, 0.29) is 39.6 Å². The number of hydrogen-bond acceptors (Lipinski definition) is 11. The highest BCUT2D eigenvalue weighted by Gasteiger charge is 2.54. The molecule has 2 saturated heterocycles. The van der Waals surface area contributed by atoms with E-state index in [4.69, 9.17) is 42.6 Å². The smallest absolute Gasteiger partial charge is 0.306 e. The van der Waals surface area contributed by atoms with Crippen LogP contribution in [0.2, 0.25) is 0 Å². The van der Waals surface area contributed by atoms with Crippen LogP contribution in [0.15, 0.2) is 182 Å². The minimum absolute atomic E-state index is 0.0915. The van der Waals surface area contributed by atoms with Crippen molar-refractivity contribution in [2.45, 2.75) is 114 Å². The standard InChI is InChI=1S/C56H58O13/c57-47(58)31-45-49(61-33-39-19-7-1-8-20-39)51(63-35-41-23-11-3-12-24-41)53(65-37-43-27-15-5-16-28-43)55(67-45)69-56-54(66-38-44-29-17-6-18-30-44)52(64-36-42-25-13-4-14-26-42)50(46(68-56)32-48(59)60)62-34-40-21-9-2-10-22-40/h1-30,45-46,49-56H,31-38H2,(H,57,58)(H,59,60)/t45-,46-,49-,50-,51+,52+,53-,54-,55-,56-/m1/s1. The number of rotatable bonds is 24. The molecule has 360 valence electrons. The lowest BCUT2D eigenvalue weighted by atomic mass is 9.94. The molecule has 69 heavy (non-hydrogen) atoms. The second kappa shape index (κ2) is 25.5. The van der Waals surface area contributed by atoms with Gasteiger partial charge in [-0.05, 0) is 33.4 Å². The Morgan fingerprint density at radius 1 is 0.333 bits per heavy atom. The summed E-state index contributed by atoms with van der Waals surface area (Å²) in [7, 11) is 0. The Morgan fingerprint density at radius 3 is 0.783 bits per heavy atom. The number of aliphatic carboxylic acids is 2. The second-order valence-electron chi connectivity index (χ2n) is 17.0. The molecule has 0 saturated carbocycles. The molecule has 0 bridgehead atoms. The molecule has 13 nitrogen and oxygen atoms in total. The van der Waals surface area contributed by atoms with Gasteiger partial charge >= 0.3 is 11.9 Å². The fourth-order valence-electron chi connectivity index (χ4n) is 8.52. The minimum Gasteiger partial charge on any atom is -0.481 e. The van der Waals surface area contributed by atoms with Crippen molar-refractivity contribution >= 4 is 11.9 Å². The molecule has 6 aromatic carbocycles. The Balaban J connectivity index is 1.19. The Labute approximate surface area is 402 Å². The molecule has 0 amide bonds. The lowest BCUT2D eigenvalue weighted by molar-refractivity contribution is -0.391. The highest BCUT2D eigenvalue weighted by Crippen LogP contribution is 2.38. The summed E-state index contributed by atoms with van der Waals surface area (Å²) in [5, 5.41) is 20.8. The molecule has 2 aliphatic heterocycles. The van der Waals surface area contributed by atoms with Crippen molar-refractivity contribution in [2.75, 3.05) is 0 Å². The van der Waals surface area contributed by atoms with E-state index in [1.54, 1.807) is 0 Å². The monoisotopic (exact) mass is 938 g/mol. The summed E-state index contributed by atoms with van der Waals surface area (Å²) in [5.74, 6) is -2.27. The molecule has 0 aromatic heterocycles. The molecule has 2 N–H and O–H groups in total. The third-order valence-corrected chi connectivity index (χ3v) is 11.9. The average molecular weight is 939 g/mol. The van der Waals surface area contributed by atoms with E-state index in [1.807, 2.05) is 182 Å². The predicted molar refractivity (Wildman–Crippen MR) is 253 cm³/mol. The topological polar surface area (TPSA) is 158 Å². The quantitative estimate of drug-likeness (QED) is 0.0594. The highest BCUT2D eigenvalue weighted by atomic mass is 16.8. The molecule has 0 spiro atoms. The van der Waals surface area contributed by atoms with Crippen LogP contribution < -0.4 is 0 Å². The Bertz CT molecular complexity index is 2240. The number of carboxylic acid groups (broad SMARTS) is 2. The molecule has 2 fully saturated rings. The van der Waals surface area contributed by atoms with E-state index in [9.17, 15) is 19.8 Å². The zero-order valence-electron chi connectivity index (χ0n) is 38.1. The van der Waals surface area contributed by atoms with Crippen molar-refractivity contribution in [3.05, 3.63) is 215 Å². The lowest BCUT2D eigenvalue weighted by Crippen LogP contribution is -2.65. The first-order valence-electron chi connectivity index (χ1n) is 23.2. The van der Waals surface area contributed by atoms with Crippen LogP contribution in [-0.4, -0.2) is 83.6 Å². The third-order valence-electron chi connectivity index (χ3n) is 11.9. The summed E-state index contributed by atoms with van der Waals surface area (Å²) >= 11 is 0. The summed E-state index contributed by atoms with van der Waals surface area (Å²) in [5.41, 5.74) is 5.14. The number of ether oxygens (including phenoxy) is 9. The van der Waals surface area contributed by atoms with Crippen molar-refractivity contribution < 1.29 is 62.4 Å². The Hall–Kier alpha value is -6.10. The van der Waals surface area contributed by atoms with Gasteiger partial charge in [0.2, 0.25) is 0 Å². The van der Waals surface area contributed by atoms with Crippen molar-refractivity contribution in [1.82, 2.24) is 0 Å². The number of carbonyl (C=O) groups is 2. The maximum absolute atomic E-state index is 12.7. The van der Waals surface area contributed by atoms with Gasteiger partial charge in [0, 0.05) is 0 Å². The third kappa shape index (κ3) is 14.5. The fraction of sp³-hybridized carbons (Fsp3) is 0.321. The van der Waals surface area contributed by atoms with Crippen LogP contribution in [0, 0.1) is 0 Å². The highest BCUT2D eigenvalue weighted by molar-refractivity contribution is 5.68. The average Bonchev–Trinajstić information content (AvgIpc) is 3.37. The van der Waals surface area contributed by atoms with E-state index >= 15 is 0 Å². The molecular formula is C56H58O13.